The van der Waals surface area contributed by atoms with Crippen molar-refractivity contribution in [2.75, 3.05) is 7.11 Å². The molecule has 0 aromatic carbocycles. The zero-order valence-electron chi connectivity index (χ0n) is 13.3. The van der Waals surface area contributed by atoms with Crippen LogP contribution in [0.4, 0.5) is 0 Å². The summed E-state index contributed by atoms with van der Waals surface area (Å²) in [6, 6.07) is 0.251. The number of nitrogens with zero attached hydrogens (tertiary/aromatic N) is 2. The average molecular weight is 308 g/mol. The number of oxazole rings is 1. The Morgan fingerprint density at radius 2 is 2.09 bits per heavy atom. The number of carbonyl (C=O) groups is 2. The molecule has 1 aromatic heterocycles. The van der Waals surface area contributed by atoms with Gasteiger partial charge in [0.1, 0.15) is 6.26 Å². The van der Waals surface area contributed by atoms with E-state index in [1.165, 1.54) is 19.8 Å². The van der Waals surface area contributed by atoms with Crippen molar-refractivity contribution in [3.05, 3.63) is 17.8 Å². The van der Waals surface area contributed by atoms with Gasteiger partial charge in [-0.1, -0.05) is 26.2 Å². The Kier molecular flexibility index (Phi) is 5.98. The van der Waals surface area contributed by atoms with E-state index in [0.29, 0.717) is 18.9 Å². The number of carbonyl (C=O) groups excluding carboxylic acids is 2. The minimum absolute atomic E-state index is 0.132. The first-order chi connectivity index (χ1) is 10.7. The largest absolute Gasteiger partial charge is 0.464 e. The Labute approximate surface area is 130 Å². The van der Waals surface area contributed by atoms with Crippen LogP contribution in [0.1, 0.15) is 68.2 Å². The van der Waals surface area contributed by atoms with Crippen LogP contribution in [-0.4, -0.2) is 34.9 Å². The van der Waals surface area contributed by atoms with E-state index in [4.69, 9.17) is 4.42 Å². The number of amides is 1. The summed E-state index contributed by atoms with van der Waals surface area (Å²) in [5.74, 6) is -0.0123. The molecular formula is C16H24N2O4. The second kappa shape index (κ2) is 7.96. The van der Waals surface area contributed by atoms with Crippen LogP contribution in [0.15, 0.2) is 10.7 Å². The highest BCUT2D eigenvalue weighted by molar-refractivity contribution is 5.86. The fourth-order valence-electron chi connectivity index (χ4n) is 2.90. The van der Waals surface area contributed by atoms with E-state index in [0.717, 1.165) is 32.1 Å². The number of aromatic nitrogens is 1. The summed E-state index contributed by atoms with van der Waals surface area (Å²) in [5, 5.41) is 0. The molecule has 0 unspecified atom stereocenters. The molecule has 1 aliphatic rings. The van der Waals surface area contributed by atoms with E-state index < -0.39 is 5.97 Å². The standard InChI is InChI=1S/C16H24N2O4/c1-3-7-15(19)18(12-8-5-4-6-9-12)10-14-17-13(11-22-14)16(20)21-2/h11-12H,3-10H2,1-2H3. The Bertz CT molecular complexity index is 506. The smallest absolute Gasteiger partial charge is 0.360 e. The molecule has 0 atom stereocenters. The molecule has 1 aliphatic carbocycles. The predicted molar refractivity (Wildman–Crippen MR) is 80.2 cm³/mol. The molecule has 1 saturated carbocycles. The third kappa shape index (κ3) is 4.08. The second-order valence-corrected chi connectivity index (χ2v) is 5.68. The van der Waals surface area contributed by atoms with Gasteiger partial charge in [-0.3, -0.25) is 4.79 Å². The van der Waals surface area contributed by atoms with Gasteiger partial charge in [-0.05, 0) is 19.3 Å². The van der Waals surface area contributed by atoms with Crippen molar-refractivity contribution >= 4 is 11.9 Å². The topological polar surface area (TPSA) is 72.6 Å². The van der Waals surface area contributed by atoms with E-state index >= 15 is 0 Å². The zero-order chi connectivity index (χ0) is 15.9. The van der Waals surface area contributed by atoms with E-state index in [9.17, 15) is 9.59 Å². The maximum Gasteiger partial charge on any atom is 0.360 e. The number of esters is 1. The quantitative estimate of drug-likeness (QED) is 0.755. The predicted octanol–water partition coefficient (Wildman–Crippen LogP) is 2.92. The van der Waals surface area contributed by atoms with Crippen LogP contribution in [0.25, 0.3) is 0 Å². The number of ether oxygens (including phenoxy) is 1. The molecule has 1 heterocycles. The third-order valence-corrected chi connectivity index (χ3v) is 4.05. The fourth-order valence-corrected chi connectivity index (χ4v) is 2.90. The minimum atomic E-state index is -0.529. The fraction of sp³-hybridized carbons (Fsp3) is 0.688. The summed E-state index contributed by atoms with van der Waals surface area (Å²) in [7, 11) is 1.30. The lowest BCUT2D eigenvalue weighted by Gasteiger charge is -2.33. The molecule has 1 amide bonds. The minimum Gasteiger partial charge on any atom is -0.464 e. The van der Waals surface area contributed by atoms with Gasteiger partial charge in [-0.25, -0.2) is 9.78 Å². The molecule has 0 aliphatic heterocycles. The van der Waals surface area contributed by atoms with Crippen LogP contribution in [0.3, 0.4) is 0 Å². The van der Waals surface area contributed by atoms with Crippen molar-refractivity contribution in [3.8, 4) is 0 Å². The van der Waals surface area contributed by atoms with Crippen LogP contribution in [0.2, 0.25) is 0 Å². The summed E-state index contributed by atoms with van der Waals surface area (Å²) in [5.41, 5.74) is 0.143. The second-order valence-electron chi connectivity index (χ2n) is 5.68. The maximum absolute atomic E-state index is 12.4. The van der Waals surface area contributed by atoms with Gasteiger partial charge in [0.15, 0.2) is 5.69 Å². The summed E-state index contributed by atoms with van der Waals surface area (Å²) in [6.07, 6.45) is 8.23. The van der Waals surface area contributed by atoms with Crippen molar-refractivity contribution in [1.29, 1.82) is 0 Å². The van der Waals surface area contributed by atoms with E-state index in [1.807, 2.05) is 11.8 Å². The first-order valence-corrected chi connectivity index (χ1v) is 7.98. The third-order valence-electron chi connectivity index (χ3n) is 4.05. The highest BCUT2D eigenvalue weighted by Gasteiger charge is 2.26. The van der Waals surface area contributed by atoms with Crippen LogP contribution in [0, 0.1) is 0 Å². The van der Waals surface area contributed by atoms with Crippen molar-refractivity contribution in [2.45, 2.75) is 64.5 Å². The van der Waals surface area contributed by atoms with Gasteiger partial charge in [-0.15, -0.1) is 0 Å². The van der Waals surface area contributed by atoms with Crippen LogP contribution >= 0.6 is 0 Å². The highest BCUT2D eigenvalue weighted by atomic mass is 16.5. The van der Waals surface area contributed by atoms with Crippen molar-refractivity contribution in [2.24, 2.45) is 0 Å². The first kappa shape index (κ1) is 16.5. The summed E-state index contributed by atoms with van der Waals surface area (Å²) in [6.45, 7) is 2.32. The van der Waals surface area contributed by atoms with Gasteiger partial charge in [0.25, 0.3) is 0 Å². The monoisotopic (exact) mass is 308 g/mol. The van der Waals surface area contributed by atoms with Gasteiger partial charge in [-0.2, -0.15) is 0 Å². The summed E-state index contributed by atoms with van der Waals surface area (Å²) in [4.78, 5) is 29.8. The van der Waals surface area contributed by atoms with E-state index in [2.05, 4.69) is 9.72 Å². The summed E-state index contributed by atoms with van der Waals surface area (Å²) >= 11 is 0. The Morgan fingerprint density at radius 1 is 1.36 bits per heavy atom. The Hall–Kier alpha value is -1.85. The van der Waals surface area contributed by atoms with Crippen LogP contribution in [0.5, 0.6) is 0 Å². The van der Waals surface area contributed by atoms with Gasteiger partial charge in [0.05, 0.1) is 13.7 Å². The lowest BCUT2D eigenvalue weighted by atomic mass is 9.94. The average Bonchev–Trinajstić information content (AvgIpc) is 3.01. The van der Waals surface area contributed by atoms with E-state index in [1.54, 1.807) is 0 Å². The molecule has 0 spiro atoms. The molecule has 1 fully saturated rings. The Morgan fingerprint density at radius 3 is 2.73 bits per heavy atom. The molecule has 0 bridgehead atoms. The van der Waals surface area contributed by atoms with Gasteiger partial charge in [0, 0.05) is 12.5 Å². The lowest BCUT2D eigenvalue weighted by Crippen LogP contribution is -2.40. The van der Waals surface area contributed by atoms with Crippen molar-refractivity contribution < 1.29 is 18.7 Å². The molecule has 0 N–H and O–H groups in total. The number of rotatable bonds is 6. The molecule has 122 valence electrons. The number of methoxy groups -OCH3 is 1. The van der Waals surface area contributed by atoms with E-state index in [-0.39, 0.29) is 17.6 Å². The highest BCUT2D eigenvalue weighted by Crippen LogP contribution is 2.25. The van der Waals surface area contributed by atoms with Gasteiger partial charge in [0.2, 0.25) is 11.8 Å². The van der Waals surface area contributed by atoms with Gasteiger partial charge >= 0.3 is 5.97 Å². The Balaban J connectivity index is 2.09. The maximum atomic E-state index is 12.4. The van der Waals surface area contributed by atoms with Crippen LogP contribution < -0.4 is 0 Å². The first-order valence-electron chi connectivity index (χ1n) is 7.98. The molecule has 2 rings (SSSR count). The lowest BCUT2D eigenvalue weighted by molar-refractivity contribution is -0.135. The molecule has 0 radical (unpaired) electrons. The molecule has 6 heteroatoms. The molecule has 22 heavy (non-hydrogen) atoms. The number of hydrogen-bond donors (Lipinski definition) is 0. The molecule has 6 nitrogen and oxygen atoms in total. The molecular weight excluding hydrogens is 284 g/mol. The zero-order valence-corrected chi connectivity index (χ0v) is 13.3. The summed E-state index contributed by atoms with van der Waals surface area (Å²) < 4.78 is 9.95. The molecule has 1 aromatic rings. The molecule has 0 saturated heterocycles. The number of hydrogen-bond acceptors (Lipinski definition) is 5. The SMILES string of the molecule is CCCC(=O)N(Cc1nc(C(=O)OC)co1)C1CCCCC1. The normalized spacial score (nSPS) is 15.5. The van der Waals surface area contributed by atoms with Crippen molar-refractivity contribution in [1.82, 2.24) is 9.88 Å². The van der Waals surface area contributed by atoms with Crippen LogP contribution in [-0.2, 0) is 16.1 Å². The van der Waals surface area contributed by atoms with Gasteiger partial charge < -0.3 is 14.1 Å². The van der Waals surface area contributed by atoms with Crippen molar-refractivity contribution in [3.63, 3.8) is 0 Å².